The summed E-state index contributed by atoms with van der Waals surface area (Å²) in [5.41, 5.74) is 5.25. The Morgan fingerprint density at radius 2 is 2.29 bits per heavy atom. The molecule has 0 saturated heterocycles. The molecule has 6 nitrogen and oxygen atoms in total. The SMILES string of the molecule is C#CCCNS(=O)(=O)c1nnc(N)s1. The zero-order valence-electron chi connectivity index (χ0n) is 7.10. The number of nitrogens with one attached hydrogen (secondary N) is 1. The summed E-state index contributed by atoms with van der Waals surface area (Å²) < 4.78 is 24.9. The molecular weight excluding hydrogens is 224 g/mol. The Balaban J connectivity index is 2.72. The van der Waals surface area contributed by atoms with E-state index >= 15 is 0 Å². The number of rotatable bonds is 4. The van der Waals surface area contributed by atoms with Crippen LogP contribution in [0.1, 0.15) is 6.42 Å². The van der Waals surface area contributed by atoms with E-state index in [4.69, 9.17) is 12.2 Å². The molecule has 0 spiro atoms. The van der Waals surface area contributed by atoms with E-state index in [1.807, 2.05) is 0 Å². The van der Waals surface area contributed by atoms with Crippen molar-refractivity contribution in [3.63, 3.8) is 0 Å². The molecule has 14 heavy (non-hydrogen) atoms. The minimum atomic E-state index is -3.59. The van der Waals surface area contributed by atoms with E-state index in [2.05, 4.69) is 20.8 Å². The van der Waals surface area contributed by atoms with E-state index in [1.54, 1.807) is 0 Å². The molecule has 1 rings (SSSR count). The average molecular weight is 232 g/mol. The largest absolute Gasteiger partial charge is 0.374 e. The molecule has 8 heteroatoms. The molecule has 1 aromatic heterocycles. The molecule has 3 N–H and O–H groups in total. The number of nitrogens with zero attached hydrogens (tertiary/aromatic N) is 2. The molecular formula is C6H8N4O2S2. The zero-order valence-corrected chi connectivity index (χ0v) is 8.73. The first-order chi connectivity index (χ1) is 6.56. The Morgan fingerprint density at radius 3 is 2.79 bits per heavy atom. The maximum absolute atomic E-state index is 11.4. The fourth-order valence-corrected chi connectivity index (χ4v) is 2.50. The fourth-order valence-electron chi connectivity index (χ4n) is 0.648. The maximum atomic E-state index is 11.4. The molecule has 1 heterocycles. The Bertz CT molecular complexity index is 445. The lowest BCUT2D eigenvalue weighted by Crippen LogP contribution is -2.24. The quantitative estimate of drug-likeness (QED) is 0.534. The van der Waals surface area contributed by atoms with Crippen LogP contribution in [0.25, 0.3) is 0 Å². The van der Waals surface area contributed by atoms with Crippen molar-refractivity contribution < 1.29 is 8.42 Å². The zero-order chi connectivity index (χ0) is 10.6. The molecule has 0 aromatic carbocycles. The molecule has 76 valence electrons. The van der Waals surface area contributed by atoms with E-state index in [1.165, 1.54) is 0 Å². The van der Waals surface area contributed by atoms with Crippen molar-refractivity contribution in [1.82, 2.24) is 14.9 Å². The van der Waals surface area contributed by atoms with E-state index in [0.29, 0.717) is 6.42 Å². The summed E-state index contributed by atoms with van der Waals surface area (Å²) in [6, 6.07) is 0. The van der Waals surface area contributed by atoms with Crippen LogP contribution in [0.2, 0.25) is 0 Å². The van der Waals surface area contributed by atoms with Crippen molar-refractivity contribution in [3.05, 3.63) is 0 Å². The summed E-state index contributed by atoms with van der Waals surface area (Å²) in [5, 5.41) is 6.92. The lowest BCUT2D eigenvalue weighted by Gasteiger charge is -1.99. The molecule has 0 bridgehead atoms. The van der Waals surface area contributed by atoms with Gasteiger partial charge in [0.15, 0.2) is 0 Å². The molecule has 1 aromatic rings. The Hall–Kier alpha value is -1.17. The van der Waals surface area contributed by atoms with Gasteiger partial charge >= 0.3 is 0 Å². The highest BCUT2D eigenvalue weighted by atomic mass is 32.2. The van der Waals surface area contributed by atoms with Crippen molar-refractivity contribution in [2.24, 2.45) is 0 Å². The molecule has 0 unspecified atom stereocenters. The van der Waals surface area contributed by atoms with E-state index in [-0.39, 0.29) is 16.0 Å². The third kappa shape index (κ3) is 2.66. The highest BCUT2D eigenvalue weighted by molar-refractivity contribution is 7.91. The van der Waals surface area contributed by atoms with Crippen LogP contribution in [-0.2, 0) is 10.0 Å². The van der Waals surface area contributed by atoms with Gasteiger partial charge in [0, 0.05) is 13.0 Å². The second-order valence-electron chi connectivity index (χ2n) is 2.26. The van der Waals surface area contributed by atoms with E-state index in [0.717, 1.165) is 11.3 Å². The van der Waals surface area contributed by atoms with Crippen LogP contribution < -0.4 is 10.5 Å². The van der Waals surface area contributed by atoms with Crippen molar-refractivity contribution >= 4 is 26.5 Å². The van der Waals surface area contributed by atoms with Crippen molar-refractivity contribution in [2.45, 2.75) is 10.8 Å². The summed E-state index contributed by atoms with van der Waals surface area (Å²) in [5.74, 6) is 2.31. The maximum Gasteiger partial charge on any atom is 0.269 e. The number of sulfonamides is 1. The van der Waals surface area contributed by atoms with E-state index in [9.17, 15) is 8.42 Å². The summed E-state index contributed by atoms with van der Waals surface area (Å²) in [4.78, 5) is 0. The molecule has 0 saturated carbocycles. The molecule has 0 atom stereocenters. The number of hydrogen-bond acceptors (Lipinski definition) is 6. The van der Waals surface area contributed by atoms with Gasteiger partial charge in [-0.15, -0.1) is 22.5 Å². The van der Waals surface area contributed by atoms with Crippen LogP contribution in [0.15, 0.2) is 4.34 Å². The number of nitrogens with two attached hydrogens (primary N) is 1. The Labute approximate surface area is 85.6 Å². The predicted octanol–water partition coefficient (Wildman–Crippen LogP) is -0.578. The smallest absolute Gasteiger partial charge is 0.269 e. The molecule has 0 fully saturated rings. The molecule has 0 radical (unpaired) electrons. The third-order valence-electron chi connectivity index (χ3n) is 1.21. The van der Waals surface area contributed by atoms with Gasteiger partial charge < -0.3 is 5.73 Å². The van der Waals surface area contributed by atoms with Gasteiger partial charge in [0.05, 0.1) is 0 Å². The summed E-state index contributed by atoms with van der Waals surface area (Å²) in [7, 11) is -3.59. The second kappa shape index (κ2) is 4.36. The van der Waals surface area contributed by atoms with Crippen LogP contribution >= 0.6 is 11.3 Å². The third-order valence-corrected chi connectivity index (χ3v) is 3.79. The predicted molar refractivity (Wildman–Crippen MR) is 53.0 cm³/mol. The molecule has 0 amide bonds. The van der Waals surface area contributed by atoms with Gasteiger partial charge in [0.25, 0.3) is 10.0 Å². The van der Waals surface area contributed by atoms with Crippen molar-refractivity contribution in [1.29, 1.82) is 0 Å². The van der Waals surface area contributed by atoms with Gasteiger partial charge in [-0.1, -0.05) is 11.3 Å². The van der Waals surface area contributed by atoms with Gasteiger partial charge in [-0.05, 0) is 0 Å². The Morgan fingerprint density at radius 1 is 1.57 bits per heavy atom. The first-order valence-electron chi connectivity index (χ1n) is 3.58. The monoisotopic (exact) mass is 232 g/mol. The van der Waals surface area contributed by atoms with Gasteiger partial charge in [-0.25, -0.2) is 13.1 Å². The van der Waals surface area contributed by atoms with Crippen LogP contribution in [0.5, 0.6) is 0 Å². The summed E-state index contributed by atoms with van der Waals surface area (Å²) in [6.45, 7) is 0.179. The van der Waals surface area contributed by atoms with E-state index < -0.39 is 10.0 Å². The fraction of sp³-hybridized carbons (Fsp3) is 0.333. The topological polar surface area (TPSA) is 98.0 Å². The van der Waals surface area contributed by atoms with Crippen LogP contribution in [0.4, 0.5) is 5.13 Å². The first-order valence-corrected chi connectivity index (χ1v) is 5.88. The van der Waals surface area contributed by atoms with Gasteiger partial charge in [-0.2, -0.15) is 0 Å². The van der Waals surface area contributed by atoms with Gasteiger partial charge in [0.2, 0.25) is 9.47 Å². The summed E-state index contributed by atoms with van der Waals surface area (Å²) in [6.07, 6.45) is 5.30. The lowest BCUT2D eigenvalue weighted by molar-refractivity contribution is 0.580. The second-order valence-corrected chi connectivity index (χ2v) is 5.21. The number of aromatic nitrogens is 2. The highest BCUT2D eigenvalue weighted by Gasteiger charge is 2.18. The number of hydrogen-bond donors (Lipinski definition) is 2. The molecule has 0 aliphatic rings. The minimum Gasteiger partial charge on any atom is -0.374 e. The average Bonchev–Trinajstić information content (AvgIpc) is 2.53. The van der Waals surface area contributed by atoms with Crippen LogP contribution in [0, 0.1) is 12.3 Å². The highest BCUT2D eigenvalue weighted by Crippen LogP contribution is 2.15. The minimum absolute atomic E-state index is 0.113. The number of terminal acetylenes is 1. The molecule has 0 aliphatic heterocycles. The van der Waals surface area contributed by atoms with Crippen LogP contribution in [-0.4, -0.2) is 25.2 Å². The van der Waals surface area contributed by atoms with Crippen molar-refractivity contribution in [2.75, 3.05) is 12.3 Å². The number of anilines is 1. The standard InChI is InChI=1S/C6H8N4O2S2/c1-2-3-4-8-14(11,12)6-10-9-5(7)13-6/h1,8H,3-4H2,(H2,7,9). The van der Waals surface area contributed by atoms with Gasteiger partial charge in [0.1, 0.15) is 0 Å². The van der Waals surface area contributed by atoms with Gasteiger partial charge in [-0.3, -0.25) is 0 Å². The van der Waals surface area contributed by atoms with Crippen molar-refractivity contribution in [3.8, 4) is 12.3 Å². The Kier molecular flexibility index (Phi) is 3.40. The molecule has 0 aliphatic carbocycles. The van der Waals surface area contributed by atoms with Crippen LogP contribution in [0.3, 0.4) is 0 Å². The first kappa shape index (κ1) is 10.9. The normalized spacial score (nSPS) is 11.1. The number of nitrogen functional groups attached to an aromatic ring is 1. The summed E-state index contributed by atoms with van der Waals surface area (Å²) >= 11 is 0.806. The lowest BCUT2D eigenvalue weighted by atomic mass is 10.5.